The molecule has 0 heterocycles. The Bertz CT molecular complexity index is 522. The topological polar surface area (TPSA) is 66.4 Å². The van der Waals surface area contributed by atoms with E-state index in [0.717, 1.165) is 0 Å². The number of carbonyl (C=O) groups excluding carboxylic acids is 1. The van der Waals surface area contributed by atoms with Crippen molar-refractivity contribution < 1.29 is 19.1 Å². The average molecular weight is 279 g/mol. The molecule has 0 aromatic heterocycles. The van der Waals surface area contributed by atoms with Crippen LogP contribution in [0.1, 0.15) is 31.2 Å². The van der Waals surface area contributed by atoms with Crippen LogP contribution < -0.4 is 5.32 Å². The number of amides is 1. The molecule has 4 nitrogen and oxygen atoms in total. The van der Waals surface area contributed by atoms with Gasteiger partial charge in [0, 0.05) is 17.2 Å². The minimum absolute atomic E-state index is 0.150. The first-order valence-electron chi connectivity index (χ1n) is 6.78. The zero-order valence-electron chi connectivity index (χ0n) is 11.4. The summed E-state index contributed by atoms with van der Waals surface area (Å²) in [6.45, 7) is 1.62. The molecule has 20 heavy (non-hydrogen) atoms. The molecule has 0 spiro atoms. The first-order chi connectivity index (χ1) is 9.49. The third kappa shape index (κ3) is 3.15. The van der Waals surface area contributed by atoms with Crippen LogP contribution in [0.15, 0.2) is 18.2 Å². The molecular formula is C15H18FNO3. The number of hydrogen-bond acceptors (Lipinski definition) is 2. The van der Waals surface area contributed by atoms with Crippen molar-refractivity contribution in [3.63, 3.8) is 0 Å². The summed E-state index contributed by atoms with van der Waals surface area (Å²) in [6, 6.07) is 4.57. The fourth-order valence-corrected chi connectivity index (χ4v) is 2.58. The highest BCUT2D eigenvalue weighted by Gasteiger charge is 2.29. The predicted octanol–water partition coefficient (Wildman–Crippen LogP) is 2.96. The summed E-state index contributed by atoms with van der Waals surface area (Å²) >= 11 is 0. The van der Waals surface area contributed by atoms with E-state index in [9.17, 15) is 14.0 Å². The van der Waals surface area contributed by atoms with Gasteiger partial charge in [0.25, 0.3) is 0 Å². The number of carboxylic acid groups (broad SMARTS) is 1. The van der Waals surface area contributed by atoms with Crippen molar-refractivity contribution in [2.45, 2.75) is 32.6 Å². The molecule has 0 radical (unpaired) electrons. The molecule has 0 bridgehead atoms. The van der Waals surface area contributed by atoms with Gasteiger partial charge in [0.05, 0.1) is 5.92 Å². The molecule has 0 aliphatic heterocycles. The zero-order chi connectivity index (χ0) is 14.7. The van der Waals surface area contributed by atoms with Crippen molar-refractivity contribution in [1.82, 2.24) is 0 Å². The molecule has 1 aromatic rings. The number of benzene rings is 1. The van der Waals surface area contributed by atoms with Crippen LogP contribution in [-0.2, 0) is 9.59 Å². The van der Waals surface area contributed by atoms with Crippen molar-refractivity contribution in [3.05, 3.63) is 29.6 Å². The lowest BCUT2D eigenvalue weighted by atomic mass is 9.81. The molecule has 108 valence electrons. The second-order valence-corrected chi connectivity index (χ2v) is 5.29. The highest BCUT2D eigenvalue weighted by atomic mass is 19.1. The molecule has 0 unspecified atom stereocenters. The summed E-state index contributed by atoms with van der Waals surface area (Å²) < 4.78 is 13.4. The van der Waals surface area contributed by atoms with Gasteiger partial charge in [-0.25, -0.2) is 4.39 Å². The van der Waals surface area contributed by atoms with Gasteiger partial charge in [-0.15, -0.1) is 0 Å². The van der Waals surface area contributed by atoms with Crippen molar-refractivity contribution >= 4 is 17.6 Å². The maximum Gasteiger partial charge on any atom is 0.306 e. The van der Waals surface area contributed by atoms with Gasteiger partial charge in [-0.1, -0.05) is 6.07 Å². The van der Waals surface area contributed by atoms with Crippen molar-refractivity contribution in [2.24, 2.45) is 11.8 Å². The minimum Gasteiger partial charge on any atom is -0.481 e. The predicted molar refractivity (Wildman–Crippen MR) is 72.9 cm³/mol. The van der Waals surface area contributed by atoms with E-state index < -0.39 is 5.97 Å². The maximum absolute atomic E-state index is 13.4. The van der Waals surface area contributed by atoms with Gasteiger partial charge in [0.2, 0.25) is 5.91 Å². The Morgan fingerprint density at radius 1 is 1.20 bits per heavy atom. The molecule has 1 saturated carbocycles. The molecule has 0 atom stereocenters. The molecule has 1 fully saturated rings. The fourth-order valence-electron chi connectivity index (χ4n) is 2.58. The van der Waals surface area contributed by atoms with E-state index in [2.05, 4.69) is 5.32 Å². The van der Waals surface area contributed by atoms with Crippen LogP contribution in [0.5, 0.6) is 0 Å². The molecule has 1 aliphatic rings. The van der Waals surface area contributed by atoms with E-state index in [1.54, 1.807) is 19.1 Å². The van der Waals surface area contributed by atoms with Crippen LogP contribution >= 0.6 is 0 Å². The van der Waals surface area contributed by atoms with Crippen LogP contribution in [-0.4, -0.2) is 17.0 Å². The first kappa shape index (κ1) is 14.5. The van der Waals surface area contributed by atoms with E-state index in [1.165, 1.54) is 6.07 Å². The molecule has 1 aromatic carbocycles. The number of carbonyl (C=O) groups is 2. The Balaban J connectivity index is 1.96. The smallest absolute Gasteiger partial charge is 0.306 e. The molecule has 5 heteroatoms. The summed E-state index contributed by atoms with van der Waals surface area (Å²) in [5.74, 6) is -1.81. The number of halogens is 1. The van der Waals surface area contributed by atoms with Gasteiger partial charge in [-0.2, -0.15) is 0 Å². The Kier molecular flexibility index (Phi) is 4.37. The Hall–Kier alpha value is -1.91. The van der Waals surface area contributed by atoms with Gasteiger partial charge >= 0.3 is 5.97 Å². The summed E-state index contributed by atoms with van der Waals surface area (Å²) in [7, 11) is 0. The number of hydrogen-bond donors (Lipinski definition) is 2. The molecule has 0 saturated heterocycles. The quantitative estimate of drug-likeness (QED) is 0.894. The normalized spacial score (nSPS) is 22.3. The highest BCUT2D eigenvalue weighted by molar-refractivity contribution is 5.93. The van der Waals surface area contributed by atoms with Gasteiger partial charge in [-0.05, 0) is 44.7 Å². The number of anilines is 1. The second kappa shape index (κ2) is 6.03. The van der Waals surface area contributed by atoms with Crippen LogP contribution in [0.4, 0.5) is 10.1 Å². The van der Waals surface area contributed by atoms with E-state index in [-0.39, 0.29) is 23.6 Å². The fraction of sp³-hybridized carbons (Fsp3) is 0.467. The monoisotopic (exact) mass is 279 g/mol. The van der Waals surface area contributed by atoms with E-state index in [4.69, 9.17) is 5.11 Å². The van der Waals surface area contributed by atoms with Crippen molar-refractivity contribution in [1.29, 1.82) is 0 Å². The standard InChI is InChI=1S/C15H18FNO3/c1-9-12(16)3-2-4-13(9)17-14(18)10-5-7-11(8-6-10)15(19)20/h2-4,10-11H,5-8H2,1H3,(H,17,18)(H,19,20). The van der Waals surface area contributed by atoms with Crippen LogP contribution in [0.3, 0.4) is 0 Å². The maximum atomic E-state index is 13.4. The summed E-state index contributed by atoms with van der Waals surface area (Å²) in [5, 5.41) is 11.7. The van der Waals surface area contributed by atoms with E-state index in [1.807, 2.05) is 0 Å². The van der Waals surface area contributed by atoms with Crippen molar-refractivity contribution in [3.8, 4) is 0 Å². The van der Waals surface area contributed by atoms with Crippen molar-refractivity contribution in [2.75, 3.05) is 5.32 Å². The van der Waals surface area contributed by atoms with Crippen LogP contribution in [0, 0.1) is 24.6 Å². The van der Waals surface area contributed by atoms with Gasteiger partial charge < -0.3 is 10.4 Å². The van der Waals surface area contributed by atoms with Gasteiger partial charge in [0.15, 0.2) is 0 Å². The number of nitrogens with one attached hydrogen (secondary N) is 1. The average Bonchev–Trinajstić information content (AvgIpc) is 2.44. The summed E-state index contributed by atoms with van der Waals surface area (Å²) in [6.07, 6.45) is 2.18. The molecule has 2 N–H and O–H groups in total. The highest BCUT2D eigenvalue weighted by Crippen LogP contribution is 2.30. The molecule has 1 aliphatic carbocycles. The van der Waals surface area contributed by atoms with Gasteiger partial charge in [-0.3, -0.25) is 9.59 Å². The third-order valence-electron chi connectivity index (χ3n) is 3.97. The molecular weight excluding hydrogens is 261 g/mol. The zero-order valence-corrected chi connectivity index (χ0v) is 11.4. The number of rotatable bonds is 3. The Morgan fingerprint density at radius 3 is 2.40 bits per heavy atom. The largest absolute Gasteiger partial charge is 0.481 e. The lowest BCUT2D eigenvalue weighted by Crippen LogP contribution is -2.29. The summed E-state index contributed by atoms with van der Waals surface area (Å²) in [5.41, 5.74) is 0.899. The van der Waals surface area contributed by atoms with Crippen LogP contribution in [0.25, 0.3) is 0 Å². The second-order valence-electron chi connectivity index (χ2n) is 5.29. The van der Waals surface area contributed by atoms with E-state index in [0.29, 0.717) is 36.9 Å². The lowest BCUT2D eigenvalue weighted by Gasteiger charge is -2.25. The first-order valence-corrected chi connectivity index (χ1v) is 6.78. The minimum atomic E-state index is -0.787. The van der Waals surface area contributed by atoms with Gasteiger partial charge in [0.1, 0.15) is 5.82 Å². The Labute approximate surface area is 117 Å². The summed E-state index contributed by atoms with van der Waals surface area (Å²) in [4.78, 5) is 23.0. The SMILES string of the molecule is Cc1c(F)cccc1NC(=O)C1CCC(C(=O)O)CC1. The number of carboxylic acids is 1. The molecule has 2 rings (SSSR count). The lowest BCUT2D eigenvalue weighted by molar-refractivity contribution is -0.143. The van der Waals surface area contributed by atoms with Crippen LogP contribution in [0.2, 0.25) is 0 Å². The number of aliphatic carboxylic acids is 1. The molecule has 1 amide bonds. The third-order valence-corrected chi connectivity index (χ3v) is 3.97. The Morgan fingerprint density at radius 2 is 1.80 bits per heavy atom. The van der Waals surface area contributed by atoms with E-state index >= 15 is 0 Å².